The molecular weight excluding hydrogens is 464 g/mol. The molecule has 1 fully saturated rings. The fourth-order valence-corrected chi connectivity index (χ4v) is 5.61. The van der Waals surface area contributed by atoms with E-state index < -0.39 is 21.5 Å². The van der Waals surface area contributed by atoms with Crippen molar-refractivity contribution in [2.75, 3.05) is 6.61 Å². The van der Waals surface area contributed by atoms with Crippen molar-refractivity contribution in [3.05, 3.63) is 35.5 Å². The molecular formula is C22H30N4O5S2. The first-order valence-corrected chi connectivity index (χ1v) is 12.8. The van der Waals surface area contributed by atoms with E-state index in [-0.39, 0.29) is 40.7 Å². The molecule has 11 heteroatoms. The molecule has 1 aliphatic heterocycles. The molecule has 3 rings (SSSR count). The highest BCUT2D eigenvalue weighted by molar-refractivity contribution is 7.92. The topological polar surface area (TPSA) is 126 Å². The van der Waals surface area contributed by atoms with Gasteiger partial charge in [-0.2, -0.15) is 0 Å². The third-order valence-electron chi connectivity index (χ3n) is 6.13. The van der Waals surface area contributed by atoms with Gasteiger partial charge in [0.25, 0.3) is 10.0 Å². The van der Waals surface area contributed by atoms with Crippen molar-refractivity contribution >= 4 is 39.7 Å². The van der Waals surface area contributed by atoms with Gasteiger partial charge in [0.2, 0.25) is 12.3 Å². The van der Waals surface area contributed by atoms with E-state index in [2.05, 4.69) is 20.7 Å². The van der Waals surface area contributed by atoms with Crippen LogP contribution in [0, 0.1) is 5.41 Å². The van der Waals surface area contributed by atoms with Crippen LogP contribution in [-0.2, 0) is 19.6 Å². The number of rotatable bonds is 11. The van der Waals surface area contributed by atoms with Crippen molar-refractivity contribution in [2.45, 2.75) is 63.4 Å². The summed E-state index contributed by atoms with van der Waals surface area (Å²) in [7, 11) is -4.06. The Labute approximate surface area is 199 Å². The van der Waals surface area contributed by atoms with Crippen LogP contribution in [0.3, 0.4) is 0 Å². The molecule has 33 heavy (non-hydrogen) atoms. The largest absolute Gasteiger partial charge is 0.492 e. The van der Waals surface area contributed by atoms with Crippen LogP contribution in [0.15, 0.2) is 34.9 Å². The average molecular weight is 495 g/mol. The van der Waals surface area contributed by atoms with Gasteiger partial charge in [0.1, 0.15) is 10.6 Å². The molecule has 1 aliphatic carbocycles. The fourth-order valence-electron chi connectivity index (χ4n) is 4.02. The minimum Gasteiger partial charge on any atom is -0.492 e. The molecule has 1 heterocycles. The number of nitrogens with one attached hydrogen (secondary N) is 4. The average Bonchev–Trinajstić information content (AvgIpc) is 3.53. The molecule has 0 radical (unpaired) electrons. The van der Waals surface area contributed by atoms with Gasteiger partial charge >= 0.3 is 0 Å². The number of sulfonamides is 1. The highest BCUT2D eigenvalue weighted by Gasteiger charge is 2.44. The highest BCUT2D eigenvalue weighted by Crippen LogP contribution is 2.43. The number of hydrogen-bond donors (Lipinski definition) is 4. The second-order valence-electron chi connectivity index (χ2n) is 8.27. The van der Waals surface area contributed by atoms with E-state index in [1.807, 2.05) is 13.8 Å². The summed E-state index contributed by atoms with van der Waals surface area (Å²) in [6, 6.07) is 4.30. The first-order chi connectivity index (χ1) is 15.7. The summed E-state index contributed by atoms with van der Waals surface area (Å²) in [5.41, 5.74) is 0.601. The van der Waals surface area contributed by atoms with E-state index in [1.54, 1.807) is 25.3 Å². The van der Waals surface area contributed by atoms with Gasteiger partial charge in [-0.15, -0.1) is 0 Å². The van der Waals surface area contributed by atoms with Crippen LogP contribution in [0.25, 0.3) is 0 Å². The van der Waals surface area contributed by atoms with Gasteiger partial charge in [-0.05, 0) is 75.0 Å². The van der Waals surface area contributed by atoms with E-state index in [4.69, 9.17) is 17.0 Å². The minimum atomic E-state index is -4.06. The first kappa shape index (κ1) is 25.0. The summed E-state index contributed by atoms with van der Waals surface area (Å²) in [5.74, 6) is 0.0323. The molecule has 1 aromatic rings. The SMILES string of the molecule is CCOc1ccc(C(CC2(CC)C(=O)NC=C2C)NC=O)cc1S(=O)(=O)NC(=S)NC1CC1. The Morgan fingerprint density at radius 1 is 1.36 bits per heavy atom. The molecule has 0 spiro atoms. The maximum absolute atomic E-state index is 13.2. The summed E-state index contributed by atoms with van der Waals surface area (Å²) in [6.07, 6.45) is 4.93. The lowest BCUT2D eigenvalue weighted by Gasteiger charge is -2.31. The molecule has 180 valence electrons. The molecule has 2 unspecified atom stereocenters. The molecule has 0 aromatic heterocycles. The number of carbonyl (C=O) groups is 2. The van der Waals surface area contributed by atoms with Crippen LogP contribution in [0.2, 0.25) is 0 Å². The number of hydrogen-bond acceptors (Lipinski definition) is 6. The fraction of sp³-hybridized carbons (Fsp3) is 0.500. The molecule has 2 atom stereocenters. The Morgan fingerprint density at radius 2 is 2.09 bits per heavy atom. The lowest BCUT2D eigenvalue weighted by atomic mass is 9.73. The van der Waals surface area contributed by atoms with E-state index >= 15 is 0 Å². The third kappa shape index (κ3) is 5.47. The first-order valence-electron chi connectivity index (χ1n) is 10.9. The molecule has 2 amide bonds. The van der Waals surface area contributed by atoms with Crippen LogP contribution in [0.4, 0.5) is 0 Å². The smallest absolute Gasteiger partial charge is 0.267 e. The predicted octanol–water partition coefficient (Wildman–Crippen LogP) is 2.01. The van der Waals surface area contributed by atoms with Gasteiger partial charge in [-0.25, -0.2) is 8.42 Å². The number of benzene rings is 1. The molecule has 4 N–H and O–H groups in total. The Hall–Kier alpha value is -2.66. The Bertz CT molecular complexity index is 1070. The molecule has 0 saturated heterocycles. The number of thiocarbonyl (C=S) groups is 1. The maximum atomic E-state index is 13.2. The molecule has 1 aromatic carbocycles. The summed E-state index contributed by atoms with van der Waals surface area (Å²) >= 11 is 5.15. The van der Waals surface area contributed by atoms with E-state index in [1.165, 1.54) is 6.07 Å². The van der Waals surface area contributed by atoms with Crippen LogP contribution in [0.5, 0.6) is 5.75 Å². The Kier molecular flexibility index (Phi) is 7.63. The van der Waals surface area contributed by atoms with Crippen molar-refractivity contribution in [1.29, 1.82) is 0 Å². The molecule has 9 nitrogen and oxygen atoms in total. The standard InChI is InChI=1S/C22H30N4O5S2/c1-4-22(14(3)12-23-20(22)28)11-17(24-13-27)15-6-9-18(31-5-2)19(10-15)33(29,30)26-21(32)25-16-7-8-16/h6,9-10,12-13,16-17H,4-5,7-8,11H2,1-3H3,(H,23,28)(H,24,27)(H2,25,26,32). The van der Waals surface area contributed by atoms with Gasteiger partial charge in [0, 0.05) is 12.2 Å². The third-order valence-corrected chi connectivity index (χ3v) is 7.85. The van der Waals surface area contributed by atoms with Crippen LogP contribution < -0.4 is 25.4 Å². The van der Waals surface area contributed by atoms with Gasteiger partial charge in [-0.1, -0.05) is 13.0 Å². The quantitative estimate of drug-likeness (QED) is 0.274. The van der Waals surface area contributed by atoms with Crippen molar-refractivity contribution < 1.29 is 22.7 Å². The number of carbonyl (C=O) groups excluding carboxylic acids is 2. The van der Waals surface area contributed by atoms with E-state index in [9.17, 15) is 18.0 Å². The lowest BCUT2D eigenvalue weighted by molar-refractivity contribution is -0.128. The summed E-state index contributed by atoms with van der Waals surface area (Å²) in [6.45, 7) is 5.80. The second-order valence-corrected chi connectivity index (χ2v) is 10.3. The van der Waals surface area contributed by atoms with Gasteiger partial charge in [0.05, 0.1) is 18.1 Å². The minimum absolute atomic E-state index is 0.0289. The normalized spacial score (nSPS) is 20.9. The maximum Gasteiger partial charge on any atom is 0.267 e. The van der Waals surface area contributed by atoms with Crippen molar-refractivity contribution in [2.24, 2.45) is 5.41 Å². The monoisotopic (exact) mass is 494 g/mol. The van der Waals surface area contributed by atoms with Gasteiger partial charge in [-0.3, -0.25) is 14.3 Å². The number of amides is 2. The summed E-state index contributed by atoms with van der Waals surface area (Å²) in [5, 5.41) is 8.48. The Morgan fingerprint density at radius 3 is 2.64 bits per heavy atom. The predicted molar refractivity (Wildman–Crippen MR) is 128 cm³/mol. The van der Waals surface area contributed by atoms with Crippen LogP contribution in [-0.4, -0.2) is 38.5 Å². The second kappa shape index (κ2) is 10.1. The molecule has 1 saturated carbocycles. The lowest BCUT2D eigenvalue weighted by Crippen LogP contribution is -2.40. The van der Waals surface area contributed by atoms with E-state index in [0.29, 0.717) is 18.4 Å². The zero-order chi connectivity index (χ0) is 24.2. The van der Waals surface area contributed by atoms with Gasteiger partial charge in [0.15, 0.2) is 5.11 Å². The van der Waals surface area contributed by atoms with Gasteiger partial charge < -0.3 is 20.7 Å². The highest BCUT2D eigenvalue weighted by atomic mass is 32.2. The van der Waals surface area contributed by atoms with Crippen molar-refractivity contribution in [1.82, 2.24) is 20.7 Å². The van der Waals surface area contributed by atoms with Crippen LogP contribution in [0.1, 0.15) is 58.1 Å². The zero-order valence-corrected chi connectivity index (χ0v) is 20.6. The zero-order valence-electron chi connectivity index (χ0n) is 18.9. The summed E-state index contributed by atoms with van der Waals surface area (Å²) < 4.78 is 34.3. The summed E-state index contributed by atoms with van der Waals surface area (Å²) in [4.78, 5) is 24.0. The van der Waals surface area contributed by atoms with E-state index in [0.717, 1.165) is 18.4 Å². The van der Waals surface area contributed by atoms with Crippen molar-refractivity contribution in [3.8, 4) is 5.75 Å². The number of ether oxygens (including phenoxy) is 1. The molecule has 2 aliphatic rings. The Balaban J connectivity index is 1.96. The van der Waals surface area contributed by atoms with Crippen molar-refractivity contribution in [3.63, 3.8) is 0 Å². The van der Waals surface area contributed by atoms with Crippen LogP contribution >= 0.6 is 12.2 Å². The molecule has 0 bridgehead atoms.